The summed E-state index contributed by atoms with van der Waals surface area (Å²) >= 11 is 0. The number of hydrogen-bond donors (Lipinski definition) is 2. The molecule has 1 aliphatic heterocycles. The zero-order chi connectivity index (χ0) is 13.4. The first-order chi connectivity index (χ1) is 9.19. The molecule has 2 fully saturated rings. The van der Waals surface area contributed by atoms with Crippen molar-refractivity contribution in [3.05, 3.63) is 11.6 Å². The van der Waals surface area contributed by atoms with Gasteiger partial charge >= 0.3 is 0 Å². The van der Waals surface area contributed by atoms with Crippen molar-refractivity contribution in [3.63, 3.8) is 0 Å². The number of carbonyl (C=O) groups excluding carboxylic acids is 1. The Labute approximate surface area is 112 Å². The highest BCUT2D eigenvalue weighted by Crippen LogP contribution is 2.37. The van der Waals surface area contributed by atoms with Crippen molar-refractivity contribution in [2.24, 2.45) is 11.7 Å². The van der Waals surface area contributed by atoms with Crippen molar-refractivity contribution in [1.29, 1.82) is 0 Å². The number of nitrogens with one attached hydrogen (secondary N) is 1. The first-order valence-corrected chi connectivity index (χ1v) is 7.12. The monoisotopic (exact) mass is 263 g/mol. The summed E-state index contributed by atoms with van der Waals surface area (Å²) in [4.78, 5) is 18.7. The maximum absolute atomic E-state index is 12.5. The van der Waals surface area contributed by atoms with Crippen LogP contribution in [0.15, 0.2) is 0 Å². The van der Waals surface area contributed by atoms with E-state index in [1.165, 1.54) is 0 Å². The second kappa shape index (κ2) is 4.92. The van der Waals surface area contributed by atoms with Gasteiger partial charge in [-0.05, 0) is 45.1 Å². The predicted molar refractivity (Wildman–Crippen MR) is 70.6 cm³/mol. The summed E-state index contributed by atoms with van der Waals surface area (Å²) in [6.07, 6.45) is 4.41. The normalized spacial score (nSPS) is 27.6. The Balaban J connectivity index is 1.73. The average molecular weight is 263 g/mol. The Morgan fingerprint density at radius 1 is 1.42 bits per heavy atom. The first kappa shape index (κ1) is 12.6. The van der Waals surface area contributed by atoms with Crippen molar-refractivity contribution in [1.82, 2.24) is 20.1 Å². The van der Waals surface area contributed by atoms with Gasteiger partial charge in [0, 0.05) is 18.5 Å². The lowest BCUT2D eigenvalue weighted by molar-refractivity contribution is 0.0554. The Bertz CT molecular complexity index is 467. The Kier molecular flexibility index (Phi) is 3.26. The van der Waals surface area contributed by atoms with Crippen LogP contribution in [-0.2, 0) is 0 Å². The van der Waals surface area contributed by atoms with Crippen LogP contribution in [0.3, 0.4) is 0 Å². The molecule has 6 heteroatoms. The predicted octanol–water partition coefficient (Wildman–Crippen LogP) is 0.881. The van der Waals surface area contributed by atoms with Gasteiger partial charge in [0.25, 0.3) is 5.91 Å². The van der Waals surface area contributed by atoms with Gasteiger partial charge in [-0.1, -0.05) is 0 Å². The highest BCUT2D eigenvalue weighted by molar-refractivity contribution is 5.90. The van der Waals surface area contributed by atoms with E-state index in [1.807, 2.05) is 4.90 Å². The number of hydrogen-bond acceptors (Lipinski definition) is 4. The standard InChI is InChI=1S/C13H21N5O/c1-8-2-3-9(6-14)7-18(8)13(19)12-15-11(16-17-12)10-4-5-10/h8-10H,2-7,14H2,1H3,(H,15,16,17). The van der Waals surface area contributed by atoms with E-state index in [9.17, 15) is 4.79 Å². The minimum atomic E-state index is -0.0613. The molecule has 0 radical (unpaired) electrons. The molecule has 0 spiro atoms. The second-order valence-electron chi connectivity index (χ2n) is 5.80. The van der Waals surface area contributed by atoms with Crippen molar-refractivity contribution in [2.75, 3.05) is 13.1 Å². The number of amides is 1. The fourth-order valence-corrected chi connectivity index (χ4v) is 2.70. The maximum atomic E-state index is 12.5. The molecule has 3 N–H and O–H groups in total. The van der Waals surface area contributed by atoms with Gasteiger partial charge in [-0.2, -0.15) is 0 Å². The summed E-state index contributed by atoms with van der Waals surface area (Å²) in [5, 5.41) is 6.97. The zero-order valence-corrected chi connectivity index (χ0v) is 11.3. The Hall–Kier alpha value is -1.43. The molecule has 2 aliphatic rings. The molecule has 1 amide bonds. The molecule has 1 saturated heterocycles. The number of aromatic nitrogens is 3. The van der Waals surface area contributed by atoms with Gasteiger partial charge in [-0.15, -0.1) is 5.10 Å². The molecule has 2 heterocycles. The smallest absolute Gasteiger partial charge is 0.293 e. The van der Waals surface area contributed by atoms with Gasteiger partial charge < -0.3 is 10.6 Å². The molecule has 2 unspecified atom stereocenters. The minimum absolute atomic E-state index is 0.0613. The SMILES string of the molecule is CC1CCC(CN)CN1C(=O)c1n[nH]c(C2CC2)n1. The van der Waals surface area contributed by atoms with Crippen molar-refractivity contribution in [3.8, 4) is 0 Å². The van der Waals surface area contributed by atoms with E-state index >= 15 is 0 Å². The number of H-pyrrole nitrogens is 1. The number of rotatable bonds is 3. The van der Waals surface area contributed by atoms with Crippen molar-refractivity contribution in [2.45, 2.75) is 44.6 Å². The van der Waals surface area contributed by atoms with Crippen LogP contribution in [-0.4, -0.2) is 45.1 Å². The average Bonchev–Trinajstić information content (AvgIpc) is 3.16. The van der Waals surface area contributed by atoms with E-state index in [1.54, 1.807) is 0 Å². The van der Waals surface area contributed by atoms with Crippen LogP contribution in [0.25, 0.3) is 0 Å². The van der Waals surface area contributed by atoms with E-state index in [0.717, 1.165) is 38.1 Å². The molecule has 104 valence electrons. The molecular weight excluding hydrogens is 242 g/mol. The third-order valence-electron chi connectivity index (χ3n) is 4.23. The molecule has 1 aromatic rings. The van der Waals surface area contributed by atoms with Gasteiger partial charge in [0.2, 0.25) is 5.82 Å². The van der Waals surface area contributed by atoms with Crippen LogP contribution in [0.4, 0.5) is 0 Å². The number of likely N-dealkylation sites (tertiary alicyclic amines) is 1. The number of nitrogens with two attached hydrogens (primary N) is 1. The summed E-state index contributed by atoms with van der Waals surface area (Å²) in [5.74, 6) is 2.01. The van der Waals surface area contributed by atoms with Gasteiger partial charge in [0.15, 0.2) is 0 Å². The van der Waals surface area contributed by atoms with Crippen LogP contribution < -0.4 is 5.73 Å². The number of aromatic amines is 1. The van der Waals surface area contributed by atoms with Gasteiger partial charge in [-0.25, -0.2) is 4.98 Å². The quantitative estimate of drug-likeness (QED) is 0.847. The Morgan fingerprint density at radius 2 is 2.21 bits per heavy atom. The van der Waals surface area contributed by atoms with Crippen LogP contribution in [0.2, 0.25) is 0 Å². The zero-order valence-electron chi connectivity index (χ0n) is 11.3. The lowest BCUT2D eigenvalue weighted by atomic mass is 9.93. The molecule has 19 heavy (non-hydrogen) atoms. The second-order valence-corrected chi connectivity index (χ2v) is 5.80. The molecule has 3 rings (SSSR count). The van der Waals surface area contributed by atoms with E-state index < -0.39 is 0 Å². The Morgan fingerprint density at radius 3 is 2.89 bits per heavy atom. The summed E-state index contributed by atoms with van der Waals surface area (Å²) < 4.78 is 0. The summed E-state index contributed by atoms with van der Waals surface area (Å²) in [6, 6.07) is 0.248. The number of carbonyl (C=O) groups is 1. The molecule has 6 nitrogen and oxygen atoms in total. The summed E-state index contributed by atoms with van der Waals surface area (Å²) in [6.45, 7) is 3.45. The third kappa shape index (κ3) is 2.49. The highest BCUT2D eigenvalue weighted by atomic mass is 16.2. The van der Waals surface area contributed by atoms with E-state index in [4.69, 9.17) is 5.73 Å². The topological polar surface area (TPSA) is 87.9 Å². The number of piperidine rings is 1. The van der Waals surface area contributed by atoms with Gasteiger partial charge in [-0.3, -0.25) is 9.89 Å². The number of nitrogens with zero attached hydrogens (tertiary/aromatic N) is 3. The van der Waals surface area contributed by atoms with E-state index in [-0.39, 0.29) is 11.9 Å². The molecule has 1 aliphatic carbocycles. The van der Waals surface area contributed by atoms with Crippen LogP contribution in [0.5, 0.6) is 0 Å². The fourth-order valence-electron chi connectivity index (χ4n) is 2.70. The van der Waals surface area contributed by atoms with Crippen LogP contribution in [0.1, 0.15) is 55.0 Å². The van der Waals surface area contributed by atoms with Gasteiger partial charge in [0.05, 0.1) is 0 Å². The van der Waals surface area contributed by atoms with E-state index in [0.29, 0.717) is 24.2 Å². The molecule has 0 aromatic carbocycles. The first-order valence-electron chi connectivity index (χ1n) is 7.12. The third-order valence-corrected chi connectivity index (χ3v) is 4.23. The lowest BCUT2D eigenvalue weighted by Gasteiger charge is -2.37. The molecule has 1 saturated carbocycles. The molecular formula is C13H21N5O. The molecule has 0 bridgehead atoms. The lowest BCUT2D eigenvalue weighted by Crippen LogP contribution is -2.47. The summed E-state index contributed by atoms with van der Waals surface area (Å²) in [5.41, 5.74) is 5.73. The maximum Gasteiger partial charge on any atom is 0.293 e. The van der Waals surface area contributed by atoms with Gasteiger partial charge in [0.1, 0.15) is 5.82 Å². The minimum Gasteiger partial charge on any atom is -0.333 e. The largest absolute Gasteiger partial charge is 0.333 e. The van der Waals surface area contributed by atoms with Crippen LogP contribution in [0, 0.1) is 5.92 Å². The fraction of sp³-hybridized carbons (Fsp3) is 0.769. The van der Waals surface area contributed by atoms with Crippen LogP contribution >= 0.6 is 0 Å². The molecule has 1 aromatic heterocycles. The summed E-state index contributed by atoms with van der Waals surface area (Å²) in [7, 11) is 0. The highest BCUT2D eigenvalue weighted by Gasteiger charge is 2.33. The van der Waals surface area contributed by atoms with Crippen molar-refractivity contribution >= 4 is 5.91 Å². The molecule has 2 atom stereocenters. The van der Waals surface area contributed by atoms with E-state index in [2.05, 4.69) is 22.1 Å². The van der Waals surface area contributed by atoms with Crippen molar-refractivity contribution < 1.29 is 4.79 Å².